The second-order valence-corrected chi connectivity index (χ2v) is 6.94. The third-order valence-corrected chi connectivity index (χ3v) is 5.37. The van der Waals surface area contributed by atoms with Crippen LogP contribution < -0.4 is 4.74 Å². The largest absolute Gasteiger partial charge is 0.488 e. The maximum absolute atomic E-state index is 12.3. The van der Waals surface area contributed by atoms with Crippen LogP contribution in [0.5, 0.6) is 5.75 Å². The smallest absolute Gasteiger partial charge is 0.341 e. The molecular weight excluding hydrogens is 328 g/mol. The summed E-state index contributed by atoms with van der Waals surface area (Å²) in [5, 5.41) is 0. The molecule has 0 bridgehead atoms. The minimum absolute atomic E-state index is 0.0852. The van der Waals surface area contributed by atoms with Crippen molar-refractivity contribution in [1.29, 1.82) is 0 Å². The molecule has 0 saturated carbocycles. The van der Waals surface area contributed by atoms with Crippen LogP contribution >= 0.6 is 0 Å². The summed E-state index contributed by atoms with van der Waals surface area (Å²) in [7, 11) is 3.57. The minimum atomic E-state index is -0.357. The Morgan fingerprint density at radius 3 is 2.54 bits per heavy atom. The van der Waals surface area contributed by atoms with E-state index in [1.165, 1.54) is 18.2 Å². The molecule has 2 aromatic carbocycles. The first kappa shape index (κ1) is 17.1. The van der Waals surface area contributed by atoms with E-state index in [1.54, 1.807) is 6.07 Å². The number of benzene rings is 2. The highest BCUT2D eigenvalue weighted by atomic mass is 16.5. The number of ether oxygens (including phenoxy) is 2. The second-order valence-electron chi connectivity index (χ2n) is 6.94. The van der Waals surface area contributed by atoms with Crippen molar-refractivity contribution < 1.29 is 14.3 Å². The predicted octanol–water partition coefficient (Wildman–Crippen LogP) is 2.70. The molecule has 0 aliphatic carbocycles. The van der Waals surface area contributed by atoms with Crippen LogP contribution in [-0.2, 0) is 11.3 Å². The van der Waals surface area contributed by atoms with E-state index in [-0.39, 0.29) is 12.0 Å². The number of methoxy groups -OCH3 is 1. The molecule has 0 amide bonds. The Labute approximate surface area is 154 Å². The highest BCUT2D eigenvalue weighted by molar-refractivity contribution is 5.93. The van der Waals surface area contributed by atoms with E-state index in [0.717, 1.165) is 31.7 Å². The van der Waals surface area contributed by atoms with Gasteiger partial charge >= 0.3 is 5.97 Å². The Morgan fingerprint density at radius 1 is 1.04 bits per heavy atom. The van der Waals surface area contributed by atoms with E-state index < -0.39 is 0 Å². The maximum atomic E-state index is 12.3. The fourth-order valence-electron chi connectivity index (χ4n) is 3.93. The van der Waals surface area contributed by atoms with Crippen molar-refractivity contribution in [2.45, 2.75) is 12.6 Å². The number of rotatable bonds is 2. The zero-order valence-electron chi connectivity index (χ0n) is 15.3. The van der Waals surface area contributed by atoms with Gasteiger partial charge in [0.2, 0.25) is 0 Å². The second kappa shape index (κ2) is 7.09. The van der Waals surface area contributed by atoms with Gasteiger partial charge in [-0.05, 0) is 24.2 Å². The number of likely N-dealkylation sites (N-methyl/N-ethyl adjacent to an activating group) is 1. The molecule has 4 rings (SSSR count). The third-order valence-electron chi connectivity index (χ3n) is 5.37. The van der Waals surface area contributed by atoms with Crippen molar-refractivity contribution in [3.8, 4) is 5.75 Å². The first-order chi connectivity index (χ1) is 12.7. The van der Waals surface area contributed by atoms with E-state index in [2.05, 4.69) is 41.1 Å². The summed E-state index contributed by atoms with van der Waals surface area (Å²) in [6.45, 7) is 4.49. The first-order valence-corrected chi connectivity index (χ1v) is 9.03. The van der Waals surface area contributed by atoms with Crippen LogP contribution in [0, 0.1) is 0 Å². The monoisotopic (exact) mass is 352 g/mol. The Morgan fingerprint density at radius 2 is 1.77 bits per heavy atom. The number of carbonyl (C=O) groups is 1. The normalized spacial score (nSPS) is 20.5. The average Bonchev–Trinajstić information content (AvgIpc) is 2.85. The Hall–Kier alpha value is -2.37. The molecule has 1 fully saturated rings. The van der Waals surface area contributed by atoms with E-state index in [1.807, 2.05) is 12.1 Å². The van der Waals surface area contributed by atoms with Crippen LogP contribution in [0.4, 0.5) is 0 Å². The van der Waals surface area contributed by atoms with Gasteiger partial charge in [-0.1, -0.05) is 36.4 Å². The lowest BCUT2D eigenvalue weighted by Gasteiger charge is -2.38. The zero-order chi connectivity index (χ0) is 18.1. The van der Waals surface area contributed by atoms with Crippen molar-refractivity contribution in [2.75, 3.05) is 40.3 Å². The molecule has 2 aliphatic rings. The van der Waals surface area contributed by atoms with Crippen LogP contribution in [0.2, 0.25) is 0 Å². The molecule has 1 saturated heterocycles. The molecule has 1 atom stereocenters. The van der Waals surface area contributed by atoms with Crippen molar-refractivity contribution in [3.63, 3.8) is 0 Å². The van der Waals surface area contributed by atoms with Crippen molar-refractivity contribution >= 4 is 5.97 Å². The van der Waals surface area contributed by atoms with Crippen LogP contribution in [0.15, 0.2) is 42.5 Å². The van der Waals surface area contributed by atoms with Crippen LogP contribution in [0.1, 0.15) is 33.1 Å². The summed E-state index contributed by atoms with van der Waals surface area (Å²) in [5.41, 5.74) is 3.97. The van der Waals surface area contributed by atoms with Crippen molar-refractivity contribution in [3.05, 3.63) is 64.7 Å². The summed E-state index contributed by atoms with van der Waals surface area (Å²) < 4.78 is 11.1. The van der Waals surface area contributed by atoms with E-state index >= 15 is 0 Å². The first-order valence-electron chi connectivity index (χ1n) is 9.03. The van der Waals surface area contributed by atoms with Gasteiger partial charge in [-0.2, -0.15) is 0 Å². The highest BCUT2D eigenvalue weighted by Crippen LogP contribution is 2.41. The lowest BCUT2D eigenvalue weighted by molar-refractivity contribution is 0.0595. The van der Waals surface area contributed by atoms with Crippen LogP contribution in [0.3, 0.4) is 0 Å². The number of nitrogens with zero attached hydrogens (tertiary/aromatic N) is 2. The fraction of sp³-hybridized carbons (Fsp3) is 0.381. The average molecular weight is 352 g/mol. The van der Waals surface area contributed by atoms with E-state index in [0.29, 0.717) is 17.9 Å². The highest BCUT2D eigenvalue weighted by Gasteiger charge is 2.33. The van der Waals surface area contributed by atoms with Gasteiger partial charge in [0, 0.05) is 31.7 Å². The Kier molecular flexibility index (Phi) is 4.66. The number of hydrogen-bond acceptors (Lipinski definition) is 5. The van der Waals surface area contributed by atoms with Gasteiger partial charge < -0.3 is 14.4 Å². The molecular formula is C21H24N2O3. The quantitative estimate of drug-likeness (QED) is 0.778. The summed E-state index contributed by atoms with van der Waals surface area (Å²) in [6, 6.07) is 14.3. The number of fused-ring (bicyclic) bond motifs is 2. The van der Waals surface area contributed by atoms with Gasteiger partial charge in [-0.3, -0.25) is 4.90 Å². The van der Waals surface area contributed by atoms with Crippen molar-refractivity contribution in [2.24, 2.45) is 0 Å². The molecule has 1 unspecified atom stereocenters. The van der Waals surface area contributed by atoms with Gasteiger partial charge in [0.1, 0.15) is 17.9 Å². The van der Waals surface area contributed by atoms with Gasteiger partial charge in [0.15, 0.2) is 0 Å². The molecule has 2 aromatic rings. The third kappa shape index (κ3) is 2.97. The van der Waals surface area contributed by atoms with Gasteiger partial charge in [0.05, 0.1) is 13.2 Å². The number of piperazine rings is 1. The van der Waals surface area contributed by atoms with Gasteiger partial charge in [0.25, 0.3) is 0 Å². The predicted molar refractivity (Wildman–Crippen MR) is 99.5 cm³/mol. The number of carbonyl (C=O) groups excluding carboxylic acids is 1. The topological polar surface area (TPSA) is 42.0 Å². The number of hydrogen-bond donors (Lipinski definition) is 0. The molecule has 0 radical (unpaired) electrons. The van der Waals surface area contributed by atoms with E-state index in [4.69, 9.17) is 9.47 Å². The summed E-state index contributed by atoms with van der Waals surface area (Å²) in [6.07, 6.45) is 0. The summed E-state index contributed by atoms with van der Waals surface area (Å²) >= 11 is 0. The molecule has 26 heavy (non-hydrogen) atoms. The maximum Gasteiger partial charge on any atom is 0.341 e. The molecule has 0 N–H and O–H groups in total. The van der Waals surface area contributed by atoms with Gasteiger partial charge in [-0.15, -0.1) is 0 Å². The molecule has 2 heterocycles. The molecule has 0 spiro atoms. The Bertz CT molecular complexity index is 813. The SMILES string of the molecule is COC(=O)c1cccc2c1OCc1ccccc1C2N1CCN(C)CC1. The molecule has 2 aliphatic heterocycles. The standard InChI is InChI=1S/C21H24N2O3/c1-22-10-12-23(13-11-22)19-16-7-4-3-6-15(16)14-26-20-17(19)8-5-9-18(20)21(24)25-2/h3-9,19H,10-14H2,1-2H3. The van der Waals surface area contributed by atoms with Crippen LogP contribution in [-0.4, -0.2) is 56.1 Å². The summed E-state index contributed by atoms with van der Waals surface area (Å²) in [5.74, 6) is 0.296. The molecule has 5 nitrogen and oxygen atoms in total. The lowest BCUT2D eigenvalue weighted by Crippen LogP contribution is -2.46. The molecule has 0 aromatic heterocycles. The summed E-state index contributed by atoms with van der Waals surface area (Å²) in [4.78, 5) is 17.1. The molecule has 136 valence electrons. The lowest BCUT2D eigenvalue weighted by atomic mass is 9.92. The number of para-hydroxylation sites is 1. The van der Waals surface area contributed by atoms with Crippen molar-refractivity contribution in [1.82, 2.24) is 9.80 Å². The van der Waals surface area contributed by atoms with E-state index in [9.17, 15) is 4.79 Å². The Balaban J connectivity index is 1.85. The number of esters is 1. The zero-order valence-corrected chi connectivity index (χ0v) is 15.3. The van der Waals surface area contributed by atoms with Crippen LogP contribution in [0.25, 0.3) is 0 Å². The minimum Gasteiger partial charge on any atom is -0.488 e. The fourth-order valence-corrected chi connectivity index (χ4v) is 3.93. The van der Waals surface area contributed by atoms with Gasteiger partial charge in [-0.25, -0.2) is 4.79 Å². The molecule has 5 heteroatoms.